The van der Waals surface area contributed by atoms with E-state index in [1.165, 1.54) is 0 Å². The number of carbonyl (C=O) groups is 1. The Morgan fingerprint density at radius 3 is 2.90 bits per heavy atom. The van der Waals surface area contributed by atoms with Crippen LogP contribution < -0.4 is 10.1 Å². The van der Waals surface area contributed by atoms with Gasteiger partial charge >= 0.3 is 6.03 Å². The molecule has 1 saturated heterocycles. The van der Waals surface area contributed by atoms with Gasteiger partial charge in [0.05, 0.1) is 7.11 Å². The Labute approximate surface area is 119 Å². The molecule has 0 saturated carbocycles. The fraction of sp³-hybridized carbons (Fsp3) is 0.533. The Morgan fingerprint density at radius 2 is 2.20 bits per heavy atom. The molecule has 20 heavy (non-hydrogen) atoms. The third-order valence-electron chi connectivity index (χ3n) is 3.54. The van der Waals surface area contributed by atoms with Gasteiger partial charge in [-0.2, -0.15) is 0 Å². The average molecular weight is 278 g/mol. The Bertz CT molecular complexity index is 444. The summed E-state index contributed by atoms with van der Waals surface area (Å²) in [5.41, 5.74) is 0.744. The van der Waals surface area contributed by atoms with Crippen molar-refractivity contribution in [2.75, 3.05) is 39.2 Å². The van der Waals surface area contributed by atoms with Crippen molar-refractivity contribution in [2.24, 2.45) is 5.92 Å². The molecular weight excluding hydrogens is 256 g/mol. The topological polar surface area (TPSA) is 50.8 Å². The third kappa shape index (κ3) is 4.13. The Kier molecular flexibility index (Phi) is 5.24. The van der Waals surface area contributed by atoms with E-state index < -0.39 is 0 Å². The molecule has 110 valence electrons. The second-order valence-corrected chi connectivity index (χ2v) is 5.10. The molecule has 0 atom stereocenters. The van der Waals surface area contributed by atoms with Gasteiger partial charge in [-0.3, -0.25) is 0 Å². The molecular formula is C15H22N2O3. The fourth-order valence-corrected chi connectivity index (χ4v) is 2.32. The molecule has 5 nitrogen and oxygen atoms in total. The maximum Gasteiger partial charge on any atom is 0.321 e. The quantitative estimate of drug-likeness (QED) is 0.921. The highest BCUT2D eigenvalue weighted by Crippen LogP contribution is 2.18. The SMILES string of the molecule is COc1cccc(NC(=O)N(C)CC2CCOCC2)c1. The van der Waals surface area contributed by atoms with Crippen molar-refractivity contribution >= 4 is 11.7 Å². The van der Waals surface area contributed by atoms with E-state index >= 15 is 0 Å². The van der Waals surface area contributed by atoms with Gasteiger partial charge in [-0.1, -0.05) is 6.07 Å². The molecule has 0 radical (unpaired) electrons. The zero-order valence-corrected chi connectivity index (χ0v) is 12.1. The molecule has 1 N–H and O–H groups in total. The molecule has 1 aliphatic heterocycles. The number of ether oxygens (including phenoxy) is 2. The van der Waals surface area contributed by atoms with Crippen molar-refractivity contribution in [2.45, 2.75) is 12.8 Å². The highest BCUT2D eigenvalue weighted by molar-refractivity contribution is 5.89. The molecule has 0 aliphatic carbocycles. The van der Waals surface area contributed by atoms with Gasteiger partial charge < -0.3 is 19.7 Å². The minimum atomic E-state index is -0.0928. The van der Waals surface area contributed by atoms with Crippen LogP contribution in [0.2, 0.25) is 0 Å². The Morgan fingerprint density at radius 1 is 1.45 bits per heavy atom. The summed E-state index contributed by atoms with van der Waals surface area (Å²) in [4.78, 5) is 13.9. The van der Waals surface area contributed by atoms with Crippen molar-refractivity contribution < 1.29 is 14.3 Å². The van der Waals surface area contributed by atoms with E-state index in [9.17, 15) is 4.79 Å². The maximum absolute atomic E-state index is 12.1. The van der Waals surface area contributed by atoms with E-state index in [0.29, 0.717) is 5.92 Å². The standard InChI is InChI=1S/C15H22N2O3/c1-17(11-12-6-8-20-9-7-12)15(18)16-13-4-3-5-14(10-13)19-2/h3-5,10,12H,6-9,11H2,1-2H3,(H,16,18). The third-order valence-corrected chi connectivity index (χ3v) is 3.54. The molecule has 5 heteroatoms. The minimum absolute atomic E-state index is 0.0928. The smallest absolute Gasteiger partial charge is 0.321 e. The first kappa shape index (κ1) is 14.7. The van der Waals surface area contributed by atoms with Crippen LogP contribution in [0.5, 0.6) is 5.75 Å². The summed E-state index contributed by atoms with van der Waals surface area (Å²) >= 11 is 0. The van der Waals surface area contributed by atoms with E-state index in [1.807, 2.05) is 25.2 Å². The molecule has 0 aromatic heterocycles. The van der Waals surface area contributed by atoms with E-state index in [1.54, 1.807) is 18.1 Å². The van der Waals surface area contributed by atoms with Crippen LogP contribution >= 0.6 is 0 Å². The summed E-state index contributed by atoms with van der Waals surface area (Å²) < 4.78 is 10.5. The largest absolute Gasteiger partial charge is 0.497 e. The van der Waals surface area contributed by atoms with Crippen LogP contribution in [0.3, 0.4) is 0 Å². The van der Waals surface area contributed by atoms with Crippen LogP contribution in [0.4, 0.5) is 10.5 Å². The molecule has 2 amide bonds. The monoisotopic (exact) mass is 278 g/mol. The van der Waals surface area contributed by atoms with Crippen molar-refractivity contribution in [1.29, 1.82) is 0 Å². The number of anilines is 1. The first-order valence-corrected chi connectivity index (χ1v) is 6.93. The van der Waals surface area contributed by atoms with E-state index in [4.69, 9.17) is 9.47 Å². The first-order chi connectivity index (χ1) is 9.69. The second-order valence-electron chi connectivity index (χ2n) is 5.10. The van der Waals surface area contributed by atoms with Gasteiger partial charge in [-0.25, -0.2) is 4.79 Å². The van der Waals surface area contributed by atoms with Gasteiger partial charge in [0.1, 0.15) is 5.75 Å². The molecule has 0 unspecified atom stereocenters. The number of urea groups is 1. The van der Waals surface area contributed by atoms with Crippen LogP contribution in [0.15, 0.2) is 24.3 Å². The van der Waals surface area contributed by atoms with Crippen molar-refractivity contribution in [1.82, 2.24) is 4.90 Å². The zero-order valence-electron chi connectivity index (χ0n) is 12.1. The normalized spacial score (nSPS) is 15.7. The van der Waals surface area contributed by atoms with Crippen molar-refractivity contribution in [3.63, 3.8) is 0 Å². The van der Waals surface area contributed by atoms with E-state index in [-0.39, 0.29) is 6.03 Å². The summed E-state index contributed by atoms with van der Waals surface area (Å²) in [5.74, 6) is 1.26. The van der Waals surface area contributed by atoms with Gasteiger partial charge in [0.2, 0.25) is 0 Å². The average Bonchev–Trinajstić information content (AvgIpc) is 2.48. The zero-order chi connectivity index (χ0) is 14.4. The summed E-state index contributed by atoms with van der Waals surface area (Å²) in [6, 6.07) is 7.27. The number of benzene rings is 1. The lowest BCUT2D eigenvalue weighted by atomic mass is 10.00. The van der Waals surface area contributed by atoms with E-state index in [2.05, 4.69) is 5.32 Å². The van der Waals surface area contributed by atoms with Crippen LogP contribution in [-0.2, 0) is 4.74 Å². The number of amides is 2. The van der Waals surface area contributed by atoms with Crippen LogP contribution in [0.1, 0.15) is 12.8 Å². The van der Waals surface area contributed by atoms with Gasteiger partial charge in [-0.05, 0) is 30.9 Å². The highest BCUT2D eigenvalue weighted by atomic mass is 16.5. The predicted octanol–water partition coefficient (Wildman–Crippen LogP) is 2.59. The Balaban J connectivity index is 1.86. The first-order valence-electron chi connectivity index (χ1n) is 6.93. The van der Waals surface area contributed by atoms with Crippen molar-refractivity contribution in [3.05, 3.63) is 24.3 Å². The summed E-state index contributed by atoms with van der Waals surface area (Å²) in [7, 11) is 3.43. The number of hydrogen-bond acceptors (Lipinski definition) is 3. The lowest BCUT2D eigenvalue weighted by Gasteiger charge is -2.27. The molecule has 0 spiro atoms. The number of carbonyl (C=O) groups excluding carboxylic acids is 1. The second kappa shape index (κ2) is 7.14. The fourth-order valence-electron chi connectivity index (χ4n) is 2.32. The van der Waals surface area contributed by atoms with E-state index in [0.717, 1.165) is 44.0 Å². The molecule has 0 bridgehead atoms. The van der Waals surface area contributed by atoms with Crippen LogP contribution in [-0.4, -0.2) is 44.8 Å². The van der Waals surface area contributed by atoms with Crippen molar-refractivity contribution in [3.8, 4) is 5.75 Å². The molecule has 1 fully saturated rings. The summed E-state index contributed by atoms with van der Waals surface area (Å²) in [5, 5.41) is 2.88. The Hall–Kier alpha value is -1.75. The maximum atomic E-state index is 12.1. The molecule has 1 aromatic carbocycles. The van der Waals surface area contributed by atoms with Gasteiger partial charge in [0.25, 0.3) is 0 Å². The number of hydrogen-bond donors (Lipinski definition) is 1. The molecule has 1 aromatic rings. The summed E-state index contributed by atoms with van der Waals surface area (Å²) in [6.45, 7) is 2.37. The lowest BCUT2D eigenvalue weighted by Crippen LogP contribution is -2.36. The van der Waals surface area contributed by atoms with Gasteiger partial charge in [0, 0.05) is 38.6 Å². The summed E-state index contributed by atoms with van der Waals surface area (Å²) in [6.07, 6.45) is 2.05. The predicted molar refractivity (Wildman–Crippen MR) is 78.2 cm³/mol. The number of nitrogens with one attached hydrogen (secondary N) is 1. The highest BCUT2D eigenvalue weighted by Gasteiger charge is 2.18. The molecule has 1 aliphatic rings. The number of rotatable bonds is 4. The molecule has 1 heterocycles. The van der Waals surface area contributed by atoms with Gasteiger partial charge in [-0.15, -0.1) is 0 Å². The number of methoxy groups -OCH3 is 1. The van der Waals surface area contributed by atoms with Crippen LogP contribution in [0, 0.1) is 5.92 Å². The van der Waals surface area contributed by atoms with Crippen LogP contribution in [0.25, 0.3) is 0 Å². The van der Waals surface area contributed by atoms with Gasteiger partial charge in [0.15, 0.2) is 0 Å². The number of nitrogens with zero attached hydrogens (tertiary/aromatic N) is 1. The molecule has 2 rings (SSSR count). The lowest BCUT2D eigenvalue weighted by molar-refractivity contribution is 0.0592. The minimum Gasteiger partial charge on any atom is -0.497 e.